The number of nitrogens with zero attached hydrogens (tertiary/aromatic N) is 1. The average molecular weight is 344 g/mol. The fourth-order valence-electron chi connectivity index (χ4n) is 4.63. The van der Waals surface area contributed by atoms with Gasteiger partial charge in [-0.1, -0.05) is 77.6 Å². The summed E-state index contributed by atoms with van der Waals surface area (Å²) >= 11 is 0. The third-order valence-corrected chi connectivity index (χ3v) is 6.14. The standard InChI is InChI=1S/C24H41N/c1-5-7-16-24(4,15-6-2)23-13-11-22(12-14-23)19-21(3)20-25-17-9-8-10-18-25/h11-14,21H,5-10,15-20H2,1-4H3. The van der Waals surface area contributed by atoms with Gasteiger partial charge in [0.15, 0.2) is 0 Å². The molecule has 1 heterocycles. The van der Waals surface area contributed by atoms with Crippen molar-refractivity contribution in [3.63, 3.8) is 0 Å². The van der Waals surface area contributed by atoms with Gasteiger partial charge in [-0.3, -0.25) is 0 Å². The average Bonchev–Trinajstić information content (AvgIpc) is 2.61. The lowest BCUT2D eigenvalue weighted by atomic mass is 9.74. The second-order valence-corrected chi connectivity index (χ2v) is 8.78. The zero-order valence-electron chi connectivity index (χ0n) is 17.3. The monoisotopic (exact) mass is 343 g/mol. The van der Waals surface area contributed by atoms with E-state index in [1.165, 1.54) is 83.0 Å². The molecule has 0 radical (unpaired) electrons. The minimum absolute atomic E-state index is 0.364. The minimum atomic E-state index is 0.364. The van der Waals surface area contributed by atoms with E-state index in [1.807, 2.05) is 0 Å². The molecular weight excluding hydrogens is 302 g/mol. The van der Waals surface area contributed by atoms with Crippen molar-refractivity contribution < 1.29 is 0 Å². The van der Waals surface area contributed by atoms with E-state index < -0.39 is 0 Å². The Labute approximate surface area is 157 Å². The number of benzene rings is 1. The second kappa shape index (κ2) is 10.4. The maximum absolute atomic E-state index is 2.67. The van der Waals surface area contributed by atoms with Crippen molar-refractivity contribution in [3.8, 4) is 0 Å². The van der Waals surface area contributed by atoms with Gasteiger partial charge in [0.25, 0.3) is 0 Å². The highest BCUT2D eigenvalue weighted by atomic mass is 15.1. The summed E-state index contributed by atoms with van der Waals surface area (Å²) in [6, 6.07) is 9.66. The van der Waals surface area contributed by atoms with E-state index in [4.69, 9.17) is 0 Å². The van der Waals surface area contributed by atoms with Crippen LogP contribution >= 0.6 is 0 Å². The van der Waals surface area contributed by atoms with E-state index in [-0.39, 0.29) is 0 Å². The summed E-state index contributed by atoms with van der Waals surface area (Å²) in [6.07, 6.45) is 12.0. The molecule has 25 heavy (non-hydrogen) atoms. The Hall–Kier alpha value is -0.820. The molecule has 0 aromatic heterocycles. The topological polar surface area (TPSA) is 3.24 Å². The first kappa shape index (κ1) is 20.5. The summed E-state index contributed by atoms with van der Waals surface area (Å²) in [5.41, 5.74) is 3.43. The first-order valence-electron chi connectivity index (χ1n) is 10.9. The molecular formula is C24H41N. The highest BCUT2D eigenvalue weighted by Crippen LogP contribution is 2.34. The molecule has 1 aliphatic heterocycles. The van der Waals surface area contributed by atoms with Gasteiger partial charge in [0.05, 0.1) is 0 Å². The molecule has 1 aromatic carbocycles. The van der Waals surface area contributed by atoms with E-state index in [0.717, 1.165) is 5.92 Å². The summed E-state index contributed by atoms with van der Waals surface area (Å²) in [5.74, 6) is 0.756. The number of rotatable bonds is 10. The smallest absolute Gasteiger partial charge is 0.00102 e. The molecule has 1 fully saturated rings. The minimum Gasteiger partial charge on any atom is -0.303 e. The van der Waals surface area contributed by atoms with Crippen molar-refractivity contribution in [2.24, 2.45) is 5.92 Å². The van der Waals surface area contributed by atoms with Crippen LogP contribution in [0.25, 0.3) is 0 Å². The van der Waals surface area contributed by atoms with Crippen LogP contribution < -0.4 is 0 Å². The molecule has 2 unspecified atom stereocenters. The Morgan fingerprint density at radius 3 is 2.24 bits per heavy atom. The van der Waals surface area contributed by atoms with Gasteiger partial charge >= 0.3 is 0 Å². The first-order chi connectivity index (χ1) is 12.1. The Balaban J connectivity index is 1.93. The Morgan fingerprint density at radius 2 is 1.64 bits per heavy atom. The maximum atomic E-state index is 2.67. The predicted octanol–water partition coefficient (Wildman–Crippen LogP) is 6.60. The molecule has 1 heteroatoms. The fraction of sp³-hybridized carbons (Fsp3) is 0.750. The highest BCUT2D eigenvalue weighted by Gasteiger charge is 2.25. The van der Waals surface area contributed by atoms with Crippen molar-refractivity contribution in [2.75, 3.05) is 19.6 Å². The van der Waals surface area contributed by atoms with Crippen molar-refractivity contribution in [1.82, 2.24) is 4.90 Å². The van der Waals surface area contributed by atoms with E-state index in [9.17, 15) is 0 Å². The number of hydrogen-bond acceptors (Lipinski definition) is 1. The first-order valence-corrected chi connectivity index (χ1v) is 10.9. The van der Waals surface area contributed by atoms with Crippen LogP contribution in [0.4, 0.5) is 0 Å². The van der Waals surface area contributed by atoms with Gasteiger partial charge in [0.1, 0.15) is 0 Å². The van der Waals surface area contributed by atoms with Crippen LogP contribution in [0, 0.1) is 5.92 Å². The number of piperidine rings is 1. The Morgan fingerprint density at radius 1 is 0.960 bits per heavy atom. The zero-order chi connectivity index (χ0) is 18.1. The van der Waals surface area contributed by atoms with Crippen LogP contribution in [-0.2, 0) is 11.8 Å². The molecule has 1 aliphatic rings. The molecule has 142 valence electrons. The summed E-state index contributed by atoms with van der Waals surface area (Å²) in [5, 5.41) is 0. The van der Waals surface area contributed by atoms with Crippen molar-refractivity contribution in [1.29, 1.82) is 0 Å². The summed E-state index contributed by atoms with van der Waals surface area (Å²) in [7, 11) is 0. The number of likely N-dealkylation sites (tertiary alicyclic amines) is 1. The molecule has 1 aromatic rings. The quantitative estimate of drug-likeness (QED) is 0.462. The van der Waals surface area contributed by atoms with Gasteiger partial charge in [-0.2, -0.15) is 0 Å². The van der Waals surface area contributed by atoms with Gasteiger partial charge in [-0.05, 0) is 67.7 Å². The largest absolute Gasteiger partial charge is 0.303 e. The van der Waals surface area contributed by atoms with Gasteiger partial charge in [0.2, 0.25) is 0 Å². The Kier molecular flexibility index (Phi) is 8.49. The van der Waals surface area contributed by atoms with Gasteiger partial charge in [-0.15, -0.1) is 0 Å². The zero-order valence-corrected chi connectivity index (χ0v) is 17.3. The normalized spacial score (nSPS) is 19.5. The molecule has 0 bridgehead atoms. The molecule has 2 atom stereocenters. The molecule has 0 spiro atoms. The molecule has 1 nitrogen and oxygen atoms in total. The van der Waals surface area contributed by atoms with E-state index in [2.05, 4.69) is 56.9 Å². The molecule has 0 saturated carbocycles. The molecule has 0 aliphatic carbocycles. The third-order valence-electron chi connectivity index (χ3n) is 6.14. The summed E-state index contributed by atoms with van der Waals surface area (Å²) < 4.78 is 0. The van der Waals surface area contributed by atoms with E-state index >= 15 is 0 Å². The fourth-order valence-corrected chi connectivity index (χ4v) is 4.63. The van der Waals surface area contributed by atoms with Gasteiger partial charge < -0.3 is 4.90 Å². The van der Waals surface area contributed by atoms with E-state index in [1.54, 1.807) is 5.56 Å². The van der Waals surface area contributed by atoms with Crippen LogP contribution in [0.1, 0.15) is 90.2 Å². The molecule has 1 saturated heterocycles. The van der Waals surface area contributed by atoms with Crippen LogP contribution in [0.2, 0.25) is 0 Å². The SMILES string of the molecule is CCCCC(C)(CCC)c1ccc(CC(C)CN2CCCCC2)cc1. The third kappa shape index (κ3) is 6.44. The lowest BCUT2D eigenvalue weighted by Crippen LogP contribution is -2.34. The van der Waals surface area contributed by atoms with Crippen LogP contribution in [0.3, 0.4) is 0 Å². The van der Waals surface area contributed by atoms with E-state index in [0.29, 0.717) is 5.41 Å². The second-order valence-electron chi connectivity index (χ2n) is 8.78. The highest BCUT2D eigenvalue weighted by molar-refractivity contribution is 5.29. The predicted molar refractivity (Wildman–Crippen MR) is 111 cm³/mol. The number of unbranched alkanes of at least 4 members (excludes halogenated alkanes) is 1. The van der Waals surface area contributed by atoms with Gasteiger partial charge in [0, 0.05) is 6.54 Å². The lowest BCUT2D eigenvalue weighted by Gasteiger charge is -2.31. The van der Waals surface area contributed by atoms with Crippen molar-refractivity contribution >= 4 is 0 Å². The molecule has 2 rings (SSSR count). The van der Waals surface area contributed by atoms with Crippen molar-refractivity contribution in [2.45, 2.75) is 90.9 Å². The summed E-state index contributed by atoms with van der Waals surface area (Å²) in [4.78, 5) is 2.67. The molecule has 0 N–H and O–H groups in total. The number of hydrogen-bond donors (Lipinski definition) is 0. The van der Waals surface area contributed by atoms with Crippen LogP contribution in [0.15, 0.2) is 24.3 Å². The molecule has 0 amide bonds. The van der Waals surface area contributed by atoms with Crippen LogP contribution in [0.5, 0.6) is 0 Å². The van der Waals surface area contributed by atoms with Crippen molar-refractivity contribution in [3.05, 3.63) is 35.4 Å². The maximum Gasteiger partial charge on any atom is 0.00102 e. The lowest BCUT2D eigenvalue weighted by molar-refractivity contribution is 0.200. The van der Waals surface area contributed by atoms with Crippen LogP contribution in [-0.4, -0.2) is 24.5 Å². The summed E-state index contributed by atoms with van der Waals surface area (Å²) in [6.45, 7) is 13.4. The Bertz CT molecular complexity index is 471. The van der Waals surface area contributed by atoms with Gasteiger partial charge in [-0.25, -0.2) is 0 Å².